The van der Waals surface area contributed by atoms with Crippen LogP contribution < -0.4 is 10.6 Å². The second-order valence-electron chi connectivity index (χ2n) is 4.41. The molecule has 96 valence electrons. The van der Waals surface area contributed by atoms with Crippen molar-refractivity contribution < 1.29 is 0 Å². The summed E-state index contributed by atoms with van der Waals surface area (Å²) in [7, 11) is 3.96. The summed E-state index contributed by atoms with van der Waals surface area (Å²) >= 11 is 12.3. The van der Waals surface area contributed by atoms with Gasteiger partial charge in [0.05, 0.1) is 21.9 Å². The first-order chi connectivity index (χ1) is 8.45. The fourth-order valence-corrected chi connectivity index (χ4v) is 2.77. The molecule has 0 saturated carbocycles. The zero-order valence-electron chi connectivity index (χ0n) is 10.6. The quantitative estimate of drug-likeness (QED) is 0.919. The molecule has 5 heteroatoms. The Labute approximate surface area is 116 Å². The Kier molecular flexibility index (Phi) is 3.66. The third-order valence-corrected chi connectivity index (χ3v) is 3.47. The highest BCUT2D eigenvalue weighted by Gasteiger charge is 2.15. The molecule has 2 N–H and O–H groups in total. The summed E-state index contributed by atoms with van der Waals surface area (Å²) in [6.45, 7) is 2.40. The molecule has 2 aromatic rings. The van der Waals surface area contributed by atoms with Crippen LogP contribution in [-0.4, -0.2) is 19.1 Å². The summed E-state index contributed by atoms with van der Waals surface area (Å²) in [4.78, 5) is 6.56. The number of pyridine rings is 1. The maximum Gasteiger partial charge on any atom is 0.0756 e. The molecule has 0 aliphatic rings. The maximum absolute atomic E-state index is 6.30. The molecule has 0 fully saturated rings. The first-order valence-electron chi connectivity index (χ1n) is 5.61. The van der Waals surface area contributed by atoms with Crippen molar-refractivity contribution in [1.29, 1.82) is 0 Å². The van der Waals surface area contributed by atoms with Crippen molar-refractivity contribution in [2.75, 3.05) is 19.0 Å². The summed E-state index contributed by atoms with van der Waals surface area (Å²) in [6, 6.07) is 3.55. The zero-order valence-corrected chi connectivity index (χ0v) is 12.1. The largest absolute Gasteiger partial charge is 0.377 e. The summed E-state index contributed by atoms with van der Waals surface area (Å²) in [5.74, 6) is 0. The van der Waals surface area contributed by atoms with Gasteiger partial charge in [0, 0.05) is 31.0 Å². The Hall–Kier alpha value is -1.03. The van der Waals surface area contributed by atoms with Crippen LogP contribution in [-0.2, 0) is 6.54 Å². The van der Waals surface area contributed by atoms with Crippen LogP contribution in [0.15, 0.2) is 12.1 Å². The van der Waals surface area contributed by atoms with Crippen LogP contribution in [0.5, 0.6) is 0 Å². The number of fused-ring (bicyclic) bond motifs is 1. The number of nitrogens with zero attached hydrogens (tertiary/aromatic N) is 2. The SMILES string of the molecule is Cc1c(CN)nc2cc(Cl)cc(Cl)c2c1N(C)C. The Balaban J connectivity index is 2.95. The zero-order chi connectivity index (χ0) is 13.4. The van der Waals surface area contributed by atoms with E-state index in [2.05, 4.69) is 4.98 Å². The van der Waals surface area contributed by atoms with E-state index >= 15 is 0 Å². The molecular formula is C13H15Cl2N3. The maximum atomic E-state index is 6.30. The smallest absolute Gasteiger partial charge is 0.0756 e. The molecule has 1 aromatic carbocycles. The fourth-order valence-electron chi connectivity index (χ4n) is 2.19. The van der Waals surface area contributed by atoms with E-state index < -0.39 is 0 Å². The van der Waals surface area contributed by atoms with Crippen LogP contribution in [0.25, 0.3) is 10.9 Å². The first-order valence-corrected chi connectivity index (χ1v) is 6.37. The van der Waals surface area contributed by atoms with Gasteiger partial charge >= 0.3 is 0 Å². The molecule has 0 spiro atoms. The monoisotopic (exact) mass is 283 g/mol. The first kappa shape index (κ1) is 13.4. The highest BCUT2D eigenvalue weighted by atomic mass is 35.5. The van der Waals surface area contributed by atoms with Gasteiger partial charge in [0.25, 0.3) is 0 Å². The van der Waals surface area contributed by atoms with E-state index in [0.717, 1.165) is 27.8 Å². The van der Waals surface area contributed by atoms with Crippen LogP contribution in [0.1, 0.15) is 11.3 Å². The van der Waals surface area contributed by atoms with Gasteiger partial charge < -0.3 is 10.6 Å². The van der Waals surface area contributed by atoms with Crippen molar-refractivity contribution in [3.05, 3.63) is 33.4 Å². The predicted molar refractivity (Wildman–Crippen MR) is 78.7 cm³/mol. The summed E-state index contributed by atoms with van der Waals surface area (Å²) in [5.41, 5.74) is 9.48. The van der Waals surface area contributed by atoms with Crippen molar-refractivity contribution in [2.45, 2.75) is 13.5 Å². The molecular weight excluding hydrogens is 269 g/mol. The minimum Gasteiger partial charge on any atom is -0.377 e. The van der Waals surface area contributed by atoms with Gasteiger partial charge in [0.2, 0.25) is 0 Å². The average Bonchev–Trinajstić information content (AvgIpc) is 2.28. The van der Waals surface area contributed by atoms with Gasteiger partial charge in [0.1, 0.15) is 0 Å². The summed E-state index contributed by atoms with van der Waals surface area (Å²) < 4.78 is 0. The Morgan fingerprint density at radius 3 is 2.50 bits per heavy atom. The lowest BCUT2D eigenvalue weighted by Crippen LogP contribution is -2.14. The lowest BCUT2D eigenvalue weighted by Gasteiger charge is -2.21. The molecule has 18 heavy (non-hydrogen) atoms. The van der Waals surface area contributed by atoms with Gasteiger partial charge in [0.15, 0.2) is 0 Å². The van der Waals surface area contributed by atoms with Gasteiger partial charge in [-0.2, -0.15) is 0 Å². The topological polar surface area (TPSA) is 42.1 Å². The van der Waals surface area contributed by atoms with Gasteiger partial charge in [-0.3, -0.25) is 4.98 Å². The molecule has 0 aliphatic carbocycles. The number of hydrogen-bond donors (Lipinski definition) is 1. The number of aromatic nitrogens is 1. The van der Waals surface area contributed by atoms with Crippen LogP contribution in [0, 0.1) is 6.92 Å². The second-order valence-corrected chi connectivity index (χ2v) is 5.26. The van der Waals surface area contributed by atoms with Crippen LogP contribution in [0.4, 0.5) is 5.69 Å². The van der Waals surface area contributed by atoms with Gasteiger partial charge in [-0.25, -0.2) is 0 Å². The van der Waals surface area contributed by atoms with Crippen molar-refractivity contribution in [3.8, 4) is 0 Å². The Bertz CT molecular complexity index is 609. The molecule has 0 amide bonds. The van der Waals surface area contributed by atoms with Crippen molar-refractivity contribution >= 4 is 39.8 Å². The second kappa shape index (κ2) is 4.92. The van der Waals surface area contributed by atoms with Crippen LogP contribution in [0.3, 0.4) is 0 Å². The van der Waals surface area contributed by atoms with E-state index in [1.54, 1.807) is 6.07 Å². The van der Waals surface area contributed by atoms with Gasteiger partial charge in [-0.05, 0) is 24.6 Å². The number of hydrogen-bond acceptors (Lipinski definition) is 3. The third kappa shape index (κ3) is 2.14. The normalized spacial score (nSPS) is 11.0. The van der Waals surface area contributed by atoms with E-state index in [4.69, 9.17) is 28.9 Å². The van der Waals surface area contributed by atoms with Gasteiger partial charge in [-0.15, -0.1) is 0 Å². The van der Waals surface area contributed by atoms with Crippen molar-refractivity contribution in [2.24, 2.45) is 5.73 Å². The minimum atomic E-state index is 0.396. The highest BCUT2D eigenvalue weighted by Crippen LogP contribution is 2.36. The number of benzene rings is 1. The number of nitrogens with two attached hydrogens (primary N) is 1. The molecule has 3 nitrogen and oxygen atoms in total. The fraction of sp³-hybridized carbons (Fsp3) is 0.308. The van der Waals surface area contributed by atoms with E-state index in [0.29, 0.717) is 16.6 Å². The van der Waals surface area contributed by atoms with Crippen LogP contribution in [0.2, 0.25) is 10.0 Å². The Morgan fingerprint density at radius 2 is 1.94 bits per heavy atom. The molecule has 0 saturated heterocycles. The van der Waals surface area contributed by atoms with E-state index in [9.17, 15) is 0 Å². The number of halogens is 2. The Morgan fingerprint density at radius 1 is 1.28 bits per heavy atom. The number of anilines is 1. The van der Waals surface area contributed by atoms with E-state index in [-0.39, 0.29) is 0 Å². The minimum absolute atomic E-state index is 0.396. The highest BCUT2D eigenvalue weighted by molar-refractivity contribution is 6.39. The summed E-state index contributed by atoms with van der Waals surface area (Å²) in [5, 5.41) is 2.11. The molecule has 0 unspecified atom stereocenters. The molecule has 0 radical (unpaired) electrons. The average molecular weight is 284 g/mol. The standard InChI is InChI=1S/C13H15Cl2N3/c1-7-11(6-16)17-10-5-8(14)4-9(15)12(10)13(7)18(2)3/h4-5H,6,16H2,1-3H3. The predicted octanol–water partition coefficient (Wildman–Crippen LogP) is 3.37. The van der Waals surface area contributed by atoms with Crippen molar-refractivity contribution in [1.82, 2.24) is 4.98 Å². The third-order valence-electron chi connectivity index (χ3n) is 2.96. The summed E-state index contributed by atoms with van der Waals surface area (Å²) in [6.07, 6.45) is 0. The van der Waals surface area contributed by atoms with Crippen LogP contribution >= 0.6 is 23.2 Å². The molecule has 1 aromatic heterocycles. The van der Waals surface area contributed by atoms with E-state index in [1.807, 2.05) is 32.0 Å². The number of rotatable bonds is 2. The molecule has 0 bridgehead atoms. The molecule has 1 heterocycles. The molecule has 0 atom stereocenters. The van der Waals surface area contributed by atoms with Gasteiger partial charge in [-0.1, -0.05) is 23.2 Å². The molecule has 0 aliphatic heterocycles. The van der Waals surface area contributed by atoms with E-state index in [1.165, 1.54) is 0 Å². The molecule has 2 rings (SSSR count). The lowest BCUT2D eigenvalue weighted by atomic mass is 10.1. The van der Waals surface area contributed by atoms with Crippen molar-refractivity contribution in [3.63, 3.8) is 0 Å². The lowest BCUT2D eigenvalue weighted by molar-refractivity contribution is 0.974.